The van der Waals surface area contributed by atoms with Crippen LogP contribution in [0.5, 0.6) is 5.75 Å². The second kappa shape index (κ2) is 6.43. The maximum atomic E-state index is 11.5. The average molecular weight is 310 g/mol. The Bertz CT molecular complexity index is 631. The molecule has 114 valence electrons. The summed E-state index contributed by atoms with van der Waals surface area (Å²) in [5.74, 6) is 0.318. The van der Waals surface area contributed by atoms with E-state index in [0.29, 0.717) is 37.4 Å². The van der Waals surface area contributed by atoms with Crippen LogP contribution in [0.3, 0.4) is 0 Å². The lowest BCUT2D eigenvalue weighted by atomic mass is 9.83. The number of benzene rings is 1. The molecule has 1 aromatic rings. The van der Waals surface area contributed by atoms with Gasteiger partial charge in [-0.15, -0.1) is 0 Å². The van der Waals surface area contributed by atoms with Crippen molar-refractivity contribution in [1.29, 1.82) is 5.26 Å². The lowest BCUT2D eigenvalue weighted by molar-refractivity contribution is 0.00205. The third kappa shape index (κ3) is 4.43. The van der Waals surface area contributed by atoms with Gasteiger partial charge in [0.05, 0.1) is 17.9 Å². The van der Waals surface area contributed by atoms with E-state index in [4.69, 9.17) is 19.9 Å². The quantitative estimate of drug-likeness (QED) is 0.874. The van der Waals surface area contributed by atoms with E-state index < -0.39 is 15.4 Å². The summed E-state index contributed by atoms with van der Waals surface area (Å²) in [6.45, 7) is 1.17. The molecule has 1 heterocycles. The van der Waals surface area contributed by atoms with Crippen LogP contribution >= 0.6 is 0 Å². The van der Waals surface area contributed by atoms with Crippen molar-refractivity contribution in [3.05, 3.63) is 29.8 Å². The molecule has 0 spiro atoms. The minimum absolute atomic E-state index is 0.141. The van der Waals surface area contributed by atoms with Crippen LogP contribution in [-0.4, -0.2) is 34.0 Å². The summed E-state index contributed by atoms with van der Waals surface area (Å²) in [6.07, 6.45) is 1.14. The molecule has 2 N–H and O–H groups in total. The van der Waals surface area contributed by atoms with Crippen LogP contribution < -0.4 is 9.88 Å². The van der Waals surface area contributed by atoms with Crippen molar-refractivity contribution >= 4 is 10.0 Å². The van der Waals surface area contributed by atoms with Crippen molar-refractivity contribution in [2.75, 3.05) is 25.6 Å². The predicted molar refractivity (Wildman–Crippen MR) is 77.1 cm³/mol. The molecule has 0 saturated carbocycles. The number of ether oxygens (including phenoxy) is 2. The highest BCUT2D eigenvalue weighted by atomic mass is 32.2. The number of hydrogen-bond donors (Lipinski definition) is 1. The minimum atomic E-state index is -3.60. The first-order valence-corrected chi connectivity index (χ1v) is 8.36. The molecule has 1 saturated heterocycles. The van der Waals surface area contributed by atoms with Crippen LogP contribution in [0.1, 0.15) is 18.4 Å². The second-order valence-electron chi connectivity index (χ2n) is 5.32. The van der Waals surface area contributed by atoms with E-state index in [-0.39, 0.29) is 12.4 Å². The van der Waals surface area contributed by atoms with Crippen LogP contribution in [0.25, 0.3) is 0 Å². The van der Waals surface area contributed by atoms with Gasteiger partial charge in [-0.1, -0.05) is 12.1 Å². The Morgan fingerprint density at radius 2 is 2.00 bits per heavy atom. The van der Waals surface area contributed by atoms with Gasteiger partial charge >= 0.3 is 0 Å². The number of rotatable bonds is 5. The monoisotopic (exact) mass is 310 g/mol. The molecule has 0 amide bonds. The van der Waals surface area contributed by atoms with Crippen molar-refractivity contribution in [2.45, 2.75) is 12.8 Å². The lowest BCUT2D eigenvalue weighted by Gasteiger charge is -2.36. The van der Waals surface area contributed by atoms with Gasteiger partial charge in [0, 0.05) is 18.6 Å². The van der Waals surface area contributed by atoms with Gasteiger partial charge in [-0.2, -0.15) is 5.26 Å². The van der Waals surface area contributed by atoms with Crippen molar-refractivity contribution in [3.63, 3.8) is 0 Å². The maximum absolute atomic E-state index is 11.5. The van der Waals surface area contributed by atoms with Gasteiger partial charge in [0.25, 0.3) is 0 Å². The zero-order chi connectivity index (χ0) is 15.3. The van der Waals surface area contributed by atoms with E-state index >= 15 is 0 Å². The third-order valence-electron chi connectivity index (χ3n) is 3.60. The zero-order valence-corrected chi connectivity index (χ0v) is 12.4. The summed E-state index contributed by atoms with van der Waals surface area (Å²) in [5, 5.41) is 14.2. The zero-order valence-electron chi connectivity index (χ0n) is 11.6. The number of primary sulfonamides is 1. The summed E-state index contributed by atoms with van der Waals surface area (Å²) in [5.41, 5.74) is -0.135. The normalized spacial score (nSPS) is 17.9. The molecule has 21 heavy (non-hydrogen) atoms. The van der Waals surface area contributed by atoms with E-state index in [1.807, 2.05) is 0 Å². The molecule has 6 nitrogen and oxygen atoms in total. The smallest absolute Gasteiger partial charge is 0.209 e. The molecule has 2 rings (SSSR count). The number of hydrogen-bond acceptors (Lipinski definition) is 5. The summed E-state index contributed by atoms with van der Waals surface area (Å²) >= 11 is 0. The Kier molecular flexibility index (Phi) is 4.83. The van der Waals surface area contributed by atoms with E-state index in [1.165, 1.54) is 0 Å². The second-order valence-corrected chi connectivity index (χ2v) is 6.93. The van der Waals surface area contributed by atoms with Gasteiger partial charge < -0.3 is 9.47 Å². The average Bonchev–Trinajstić information content (AvgIpc) is 2.45. The fourth-order valence-electron chi connectivity index (χ4n) is 2.48. The van der Waals surface area contributed by atoms with Crippen LogP contribution in [0.2, 0.25) is 0 Å². The fraction of sp³-hybridized carbons (Fsp3) is 0.500. The molecule has 1 aliphatic heterocycles. The van der Waals surface area contributed by atoms with E-state index in [1.54, 1.807) is 24.3 Å². The molecule has 0 bridgehead atoms. The Hall–Kier alpha value is -1.62. The van der Waals surface area contributed by atoms with Crippen molar-refractivity contribution in [2.24, 2.45) is 10.6 Å². The summed E-state index contributed by atoms with van der Waals surface area (Å²) in [7, 11) is -3.60. The molecule has 1 aliphatic rings. The Morgan fingerprint density at radius 1 is 1.33 bits per heavy atom. The van der Waals surface area contributed by atoms with Crippen molar-refractivity contribution in [1.82, 2.24) is 0 Å². The molecule has 0 radical (unpaired) electrons. The molecular formula is C14H18N2O4S. The van der Waals surface area contributed by atoms with E-state index in [0.717, 1.165) is 0 Å². The predicted octanol–water partition coefficient (Wildman–Crippen LogP) is 1.02. The highest BCUT2D eigenvalue weighted by molar-refractivity contribution is 7.89. The van der Waals surface area contributed by atoms with Crippen LogP contribution in [-0.2, 0) is 14.8 Å². The van der Waals surface area contributed by atoms with Crippen LogP contribution in [0, 0.1) is 16.7 Å². The first kappa shape index (κ1) is 15.8. The van der Waals surface area contributed by atoms with Gasteiger partial charge in [0.2, 0.25) is 10.0 Å². The molecule has 0 unspecified atom stereocenters. The molecule has 7 heteroatoms. The Morgan fingerprint density at radius 3 is 2.62 bits per heavy atom. The molecular weight excluding hydrogens is 292 g/mol. The third-order valence-corrected chi connectivity index (χ3v) is 4.62. The maximum Gasteiger partial charge on any atom is 0.209 e. The fourth-order valence-corrected chi connectivity index (χ4v) is 3.70. The first-order valence-electron chi connectivity index (χ1n) is 6.64. The van der Waals surface area contributed by atoms with Gasteiger partial charge in [0.15, 0.2) is 0 Å². The van der Waals surface area contributed by atoms with Gasteiger partial charge in [-0.05, 0) is 25.0 Å². The lowest BCUT2D eigenvalue weighted by Crippen LogP contribution is -2.42. The van der Waals surface area contributed by atoms with Crippen LogP contribution in [0.4, 0.5) is 0 Å². The largest absolute Gasteiger partial charge is 0.492 e. The molecule has 0 atom stereocenters. The number of para-hydroxylation sites is 1. The summed E-state index contributed by atoms with van der Waals surface area (Å²) in [6, 6.07) is 8.93. The van der Waals surface area contributed by atoms with E-state index in [2.05, 4.69) is 6.07 Å². The molecule has 0 aliphatic carbocycles. The highest BCUT2D eigenvalue weighted by Crippen LogP contribution is 2.33. The van der Waals surface area contributed by atoms with E-state index in [9.17, 15) is 8.42 Å². The SMILES string of the molecule is N#Cc1ccccc1OCC1(CS(N)(=O)=O)CCOCC1. The van der Waals surface area contributed by atoms with Gasteiger partial charge in [0.1, 0.15) is 11.8 Å². The Balaban J connectivity index is 2.14. The molecule has 1 fully saturated rings. The summed E-state index contributed by atoms with van der Waals surface area (Å²) < 4.78 is 33.9. The molecule has 1 aromatic carbocycles. The van der Waals surface area contributed by atoms with Gasteiger partial charge in [-0.3, -0.25) is 0 Å². The number of sulfonamides is 1. The minimum Gasteiger partial charge on any atom is -0.492 e. The summed E-state index contributed by atoms with van der Waals surface area (Å²) in [4.78, 5) is 0. The number of nitriles is 1. The Labute approximate surface area is 124 Å². The van der Waals surface area contributed by atoms with Crippen LogP contribution in [0.15, 0.2) is 24.3 Å². The first-order chi connectivity index (χ1) is 9.94. The van der Waals surface area contributed by atoms with Gasteiger partial charge in [-0.25, -0.2) is 13.6 Å². The van der Waals surface area contributed by atoms with Crippen molar-refractivity contribution < 1.29 is 17.9 Å². The topological polar surface area (TPSA) is 102 Å². The van der Waals surface area contributed by atoms with Crippen molar-refractivity contribution in [3.8, 4) is 11.8 Å². The standard InChI is InChI=1S/C14H18N2O4S/c15-9-12-3-1-2-4-13(12)20-10-14(11-21(16,17)18)5-7-19-8-6-14/h1-4H,5-8,10-11H2,(H2,16,17,18). The molecule has 0 aromatic heterocycles. The highest BCUT2D eigenvalue weighted by Gasteiger charge is 2.37. The number of nitrogens with zero attached hydrogens (tertiary/aromatic N) is 1. The number of nitrogens with two attached hydrogens (primary N) is 1.